The summed E-state index contributed by atoms with van der Waals surface area (Å²) in [6, 6.07) is 0. The molecule has 0 aromatic heterocycles. The number of amides is 1. The Morgan fingerprint density at radius 3 is 2.79 bits per heavy atom. The lowest BCUT2D eigenvalue weighted by atomic mass is 10.5. The number of nitrogens with one attached hydrogen (secondary N) is 1. The van der Waals surface area contributed by atoms with Gasteiger partial charge in [0.15, 0.2) is 5.17 Å². The Kier molecular flexibility index (Phi) is 4.82. The molecule has 0 bridgehead atoms. The number of hydrazine groups is 1. The highest BCUT2D eigenvalue weighted by Gasteiger charge is 2.17. The first-order chi connectivity index (χ1) is 6.00. The normalized spacial score (nSPS) is 14.6. The number of rotatable bonds is 1. The van der Waals surface area contributed by atoms with Crippen LogP contribution in [0.5, 0.6) is 0 Å². The van der Waals surface area contributed by atoms with Crippen molar-refractivity contribution in [2.24, 2.45) is 5.10 Å². The molecule has 0 fully saturated rings. The van der Waals surface area contributed by atoms with Crippen LogP contribution in [-0.2, 0) is 0 Å². The summed E-state index contributed by atoms with van der Waals surface area (Å²) in [6.07, 6.45) is 0.212. The zero-order chi connectivity index (χ0) is 10.0. The average Bonchev–Trinajstić information content (AvgIpc) is 2.01. The molecule has 6 nitrogen and oxygen atoms in total. The minimum Gasteiger partial charge on any atom is -0.465 e. The van der Waals surface area contributed by atoms with Crippen LogP contribution < -0.4 is 5.43 Å². The van der Waals surface area contributed by atoms with Crippen LogP contribution in [0, 0.1) is 0 Å². The zero-order valence-corrected chi connectivity index (χ0v) is 9.27. The van der Waals surface area contributed by atoms with Gasteiger partial charge in [-0.15, -0.1) is 22.1 Å². The number of hydrogen-bond donors (Lipinski definition) is 2. The summed E-state index contributed by atoms with van der Waals surface area (Å²) in [6.45, 7) is 0. The molecule has 1 aliphatic rings. The van der Waals surface area contributed by atoms with Gasteiger partial charge in [0.1, 0.15) is 5.82 Å². The van der Waals surface area contributed by atoms with Gasteiger partial charge < -0.3 is 5.11 Å². The standard InChI is InChI=1S/C5H6Cl2N4O2.ClH/c1-10(5(12)13)4-2-3(6)8-11(7)9-4;/h2,9H,1H3,(H,12,13);1H. The Hall–Kier alpha value is -0.850. The maximum atomic E-state index is 10.5. The molecule has 0 aromatic rings. The van der Waals surface area contributed by atoms with E-state index in [4.69, 9.17) is 28.5 Å². The van der Waals surface area contributed by atoms with Crippen LogP contribution >= 0.6 is 35.8 Å². The number of allylic oxidation sites excluding steroid dienone is 1. The van der Waals surface area contributed by atoms with E-state index < -0.39 is 6.09 Å². The summed E-state index contributed by atoms with van der Waals surface area (Å²) >= 11 is 11.0. The second-order valence-electron chi connectivity index (χ2n) is 2.17. The minimum absolute atomic E-state index is 0. The third kappa shape index (κ3) is 3.13. The molecule has 9 heteroatoms. The lowest BCUT2D eigenvalue weighted by molar-refractivity contribution is 0.159. The Labute approximate surface area is 96.2 Å². The fourth-order valence-electron chi connectivity index (χ4n) is 0.652. The molecule has 1 rings (SSSR count). The largest absolute Gasteiger partial charge is 0.465 e. The molecule has 0 saturated carbocycles. The van der Waals surface area contributed by atoms with Gasteiger partial charge in [0.25, 0.3) is 0 Å². The topological polar surface area (TPSA) is 68.2 Å². The van der Waals surface area contributed by atoms with Gasteiger partial charge in [-0.3, -0.25) is 10.3 Å². The predicted molar refractivity (Wildman–Crippen MR) is 55.2 cm³/mol. The Bertz CT molecular complexity index is 293. The summed E-state index contributed by atoms with van der Waals surface area (Å²) in [4.78, 5) is 11.4. The molecule has 0 atom stereocenters. The first-order valence-electron chi connectivity index (χ1n) is 3.15. The fourth-order valence-corrected chi connectivity index (χ4v) is 1.04. The molecule has 0 radical (unpaired) electrons. The van der Waals surface area contributed by atoms with Gasteiger partial charge in [-0.05, 0) is 0 Å². The van der Waals surface area contributed by atoms with Crippen LogP contribution in [0.3, 0.4) is 0 Å². The number of carbonyl (C=O) groups is 1. The molecule has 1 heterocycles. The van der Waals surface area contributed by atoms with E-state index in [0.717, 1.165) is 9.54 Å². The van der Waals surface area contributed by atoms with Gasteiger partial charge in [0, 0.05) is 13.1 Å². The second-order valence-corrected chi connectivity index (χ2v) is 2.87. The van der Waals surface area contributed by atoms with Gasteiger partial charge >= 0.3 is 6.09 Å². The van der Waals surface area contributed by atoms with E-state index in [9.17, 15) is 4.79 Å². The summed E-state index contributed by atoms with van der Waals surface area (Å²) in [5.41, 5.74) is 2.46. The maximum Gasteiger partial charge on any atom is 0.412 e. The number of carboxylic acid groups (broad SMARTS) is 1. The van der Waals surface area contributed by atoms with Crippen LogP contribution in [0.4, 0.5) is 4.79 Å². The Morgan fingerprint density at radius 1 is 1.79 bits per heavy atom. The predicted octanol–water partition coefficient (Wildman–Crippen LogP) is 1.39. The lowest BCUT2D eigenvalue weighted by Gasteiger charge is -2.24. The smallest absolute Gasteiger partial charge is 0.412 e. The van der Waals surface area contributed by atoms with E-state index in [1.54, 1.807) is 0 Å². The summed E-state index contributed by atoms with van der Waals surface area (Å²) in [5, 5.41) is 12.2. The summed E-state index contributed by atoms with van der Waals surface area (Å²) in [5.74, 6) is 0.225. The van der Waals surface area contributed by atoms with Crippen molar-refractivity contribution >= 4 is 47.0 Å². The molecule has 1 aliphatic heterocycles. The number of hydrazone groups is 1. The molecule has 1 amide bonds. The van der Waals surface area contributed by atoms with Crippen LogP contribution in [0.2, 0.25) is 0 Å². The highest BCUT2D eigenvalue weighted by molar-refractivity contribution is 6.68. The molecule has 14 heavy (non-hydrogen) atoms. The molecular weight excluding hydrogens is 254 g/mol. The second kappa shape index (κ2) is 5.14. The summed E-state index contributed by atoms with van der Waals surface area (Å²) in [7, 11) is 1.35. The minimum atomic E-state index is -1.13. The highest BCUT2D eigenvalue weighted by Crippen LogP contribution is 2.09. The Morgan fingerprint density at radius 2 is 2.36 bits per heavy atom. The van der Waals surface area contributed by atoms with Crippen LogP contribution in [-0.4, -0.2) is 33.0 Å². The Balaban J connectivity index is 0.00000169. The zero-order valence-electron chi connectivity index (χ0n) is 6.94. The van der Waals surface area contributed by atoms with Crippen LogP contribution in [0.25, 0.3) is 0 Å². The van der Waals surface area contributed by atoms with Crippen molar-refractivity contribution in [2.45, 2.75) is 0 Å². The van der Waals surface area contributed by atoms with Crippen LogP contribution in [0.1, 0.15) is 0 Å². The monoisotopic (exact) mass is 260 g/mol. The average molecular weight is 261 g/mol. The molecule has 0 aliphatic carbocycles. The quantitative estimate of drug-likeness (QED) is 0.700. The lowest BCUT2D eigenvalue weighted by Crippen LogP contribution is -2.39. The molecule has 80 valence electrons. The van der Waals surface area contributed by atoms with Crippen molar-refractivity contribution in [3.05, 3.63) is 11.9 Å². The maximum absolute atomic E-state index is 10.5. The van der Waals surface area contributed by atoms with Crippen molar-refractivity contribution in [1.29, 1.82) is 0 Å². The number of halogens is 3. The van der Waals surface area contributed by atoms with Gasteiger partial charge in [0.2, 0.25) is 0 Å². The van der Waals surface area contributed by atoms with E-state index in [2.05, 4.69) is 10.5 Å². The van der Waals surface area contributed by atoms with Crippen molar-refractivity contribution in [1.82, 2.24) is 15.0 Å². The molecule has 0 spiro atoms. The molecule has 0 unspecified atom stereocenters. The van der Waals surface area contributed by atoms with E-state index in [0.29, 0.717) is 0 Å². The van der Waals surface area contributed by atoms with Gasteiger partial charge in [-0.25, -0.2) is 4.79 Å². The van der Waals surface area contributed by atoms with Gasteiger partial charge in [0.05, 0.1) is 11.8 Å². The van der Waals surface area contributed by atoms with Crippen molar-refractivity contribution in [3.63, 3.8) is 0 Å². The van der Waals surface area contributed by atoms with E-state index >= 15 is 0 Å². The number of hydrogen-bond acceptors (Lipinski definition) is 4. The van der Waals surface area contributed by atoms with Gasteiger partial charge in [-0.1, -0.05) is 11.6 Å². The highest BCUT2D eigenvalue weighted by atomic mass is 35.5. The third-order valence-corrected chi connectivity index (χ3v) is 1.64. The first-order valence-corrected chi connectivity index (χ1v) is 3.87. The molecule has 0 aromatic carbocycles. The molecular formula is C5H7Cl3N4O2. The summed E-state index contributed by atoms with van der Waals surface area (Å²) < 4.78 is 0.803. The van der Waals surface area contributed by atoms with E-state index in [1.807, 2.05) is 0 Å². The first kappa shape index (κ1) is 13.2. The number of nitrogens with zero attached hydrogens (tertiary/aromatic N) is 3. The van der Waals surface area contributed by atoms with Crippen molar-refractivity contribution < 1.29 is 9.90 Å². The van der Waals surface area contributed by atoms with Crippen molar-refractivity contribution in [3.8, 4) is 0 Å². The fraction of sp³-hybridized carbons (Fsp3) is 0.200. The van der Waals surface area contributed by atoms with E-state index in [-0.39, 0.29) is 23.4 Å². The van der Waals surface area contributed by atoms with Gasteiger partial charge in [-0.2, -0.15) is 0 Å². The van der Waals surface area contributed by atoms with Crippen LogP contribution in [0.15, 0.2) is 17.0 Å². The van der Waals surface area contributed by atoms with Crippen molar-refractivity contribution in [2.75, 3.05) is 7.05 Å². The third-order valence-electron chi connectivity index (χ3n) is 1.29. The van der Waals surface area contributed by atoms with E-state index in [1.165, 1.54) is 13.1 Å². The molecule has 0 saturated heterocycles. The SMILES string of the molecule is CN(C(=O)O)C1=CC(Cl)=NN(Cl)N1.Cl. The molecule has 2 N–H and O–H groups in total.